The van der Waals surface area contributed by atoms with Crippen LogP contribution in [0.2, 0.25) is 0 Å². The number of hydrogen-bond acceptors (Lipinski definition) is 5. The first-order valence-electron chi connectivity index (χ1n) is 9.01. The van der Waals surface area contributed by atoms with Crippen molar-refractivity contribution in [3.8, 4) is 0 Å². The first-order valence-corrected chi connectivity index (χ1v) is 9.89. The fourth-order valence-electron chi connectivity index (χ4n) is 3.11. The van der Waals surface area contributed by atoms with E-state index in [0.29, 0.717) is 5.17 Å². The third-order valence-corrected chi connectivity index (χ3v) is 5.55. The molecule has 7 nitrogen and oxygen atoms in total. The highest BCUT2D eigenvalue weighted by Crippen LogP contribution is 2.22. The van der Waals surface area contributed by atoms with Gasteiger partial charge in [0.25, 0.3) is 0 Å². The normalized spacial score (nSPS) is 18.0. The lowest BCUT2D eigenvalue weighted by molar-refractivity contribution is -0.138. The largest absolute Gasteiger partial charge is 0.481 e. The lowest BCUT2D eigenvalue weighted by Gasteiger charge is -2.05. The fraction of sp³-hybridized carbons (Fsp3) is 0.143. The number of aliphatic carboxylic acids is 1. The Kier molecular flexibility index (Phi) is 5.44. The molecule has 1 saturated heterocycles. The maximum Gasteiger partial charge on any atom is 0.305 e. The minimum atomic E-state index is -1.02. The summed E-state index contributed by atoms with van der Waals surface area (Å²) in [5.74, 6) is -1.37. The van der Waals surface area contributed by atoms with Gasteiger partial charge in [0, 0.05) is 23.6 Å². The number of amidine groups is 1. The van der Waals surface area contributed by atoms with Gasteiger partial charge in [-0.15, -0.1) is 5.10 Å². The second-order valence-corrected chi connectivity index (χ2v) is 7.78. The monoisotopic (exact) mass is 406 g/mol. The number of nitrogens with one attached hydrogen (secondary N) is 1. The average Bonchev–Trinajstić information content (AvgIpc) is 3.25. The van der Waals surface area contributed by atoms with Crippen molar-refractivity contribution < 1.29 is 14.7 Å². The van der Waals surface area contributed by atoms with Crippen molar-refractivity contribution >= 4 is 45.9 Å². The molecule has 0 spiro atoms. The molecule has 1 unspecified atom stereocenters. The van der Waals surface area contributed by atoms with Crippen molar-refractivity contribution in [2.24, 2.45) is 10.2 Å². The molecule has 146 valence electrons. The van der Waals surface area contributed by atoms with Crippen LogP contribution < -0.4 is 5.32 Å². The van der Waals surface area contributed by atoms with Crippen LogP contribution in [0.25, 0.3) is 10.9 Å². The van der Waals surface area contributed by atoms with Crippen LogP contribution in [-0.2, 0) is 16.1 Å². The summed E-state index contributed by atoms with van der Waals surface area (Å²) in [6, 6.07) is 18.4. The van der Waals surface area contributed by atoms with E-state index in [1.54, 1.807) is 6.21 Å². The maximum atomic E-state index is 11.7. The number of amides is 1. The quantitative estimate of drug-likeness (QED) is 0.486. The van der Waals surface area contributed by atoms with Crippen LogP contribution in [0.3, 0.4) is 0 Å². The van der Waals surface area contributed by atoms with Crippen LogP contribution in [0, 0.1) is 0 Å². The number of benzene rings is 2. The van der Waals surface area contributed by atoms with E-state index in [1.807, 2.05) is 36.4 Å². The molecule has 2 N–H and O–H groups in total. The molecule has 3 aromatic rings. The minimum absolute atomic E-state index is 0.240. The molecule has 1 aromatic heterocycles. The van der Waals surface area contributed by atoms with Crippen LogP contribution in [0.1, 0.15) is 17.5 Å². The van der Waals surface area contributed by atoms with Crippen molar-refractivity contribution in [1.29, 1.82) is 0 Å². The van der Waals surface area contributed by atoms with Gasteiger partial charge in [0.1, 0.15) is 5.25 Å². The summed E-state index contributed by atoms with van der Waals surface area (Å²) in [5.41, 5.74) is 3.26. The molecule has 8 heteroatoms. The molecular formula is C21H18N4O3S. The number of hydrogen-bond donors (Lipinski definition) is 2. The van der Waals surface area contributed by atoms with Crippen molar-refractivity contribution in [3.63, 3.8) is 0 Å². The first-order chi connectivity index (χ1) is 14.1. The van der Waals surface area contributed by atoms with Crippen molar-refractivity contribution in [3.05, 3.63) is 71.9 Å². The molecule has 0 aliphatic carbocycles. The Morgan fingerprint density at radius 3 is 2.83 bits per heavy atom. The van der Waals surface area contributed by atoms with Gasteiger partial charge in [-0.2, -0.15) is 5.10 Å². The Labute approximate surface area is 171 Å². The van der Waals surface area contributed by atoms with Gasteiger partial charge in [-0.3, -0.25) is 9.59 Å². The molecule has 1 atom stereocenters. The van der Waals surface area contributed by atoms with Gasteiger partial charge >= 0.3 is 5.97 Å². The van der Waals surface area contributed by atoms with Gasteiger partial charge in [0.15, 0.2) is 5.17 Å². The fourth-order valence-corrected chi connectivity index (χ4v) is 4.03. The van der Waals surface area contributed by atoms with Crippen LogP contribution in [0.5, 0.6) is 0 Å². The molecule has 1 aliphatic heterocycles. The van der Waals surface area contributed by atoms with E-state index < -0.39 is 11.2 Å². The standard InChI is InChI=1S/C21H18N4O3S/c26-19(27)11-18-20(28)23-21(29-18)24-22-12-15-6-7-17-16(10-15)8-9-25(17)13-14-4-2-1-3-5-14/h1-10,12,18H,11,13H2,(H,26,27)(H,23,24,28). The molecule has 0 saturated carbocycles. The molecule has 1 amide bonds. The third-order valence-electron chi connectivity index (χ3n) is 4.48. The predicted molar refractivity (Wildman–Crippen MR) is 114 cm³/mol. The molecule has 2 heterocycles. The summed E-state index contributed by atoms with van der Waals surface area (Å²) in [6.07, 6.45) is 3.43. The van der Waals surface area contributed by atoms with Crippen molar-refractivity contribution in [2.45, 2.75) is 18.2 Å². The van der Waals surface area contributed by atoms with E-state index in [4.69, 9.17) is 5.11 Å². The van der Waals surface area contributed by atoms with E-state index in [9.17, 15) is 9.59 Å². The van der Waals surface area contributed by atoms with E-state index in [-0.39, 0.29) is 12.3 Å². The Balaban J connectivity index is 1.45. The number of carboxylic acids is 1. The lowest BCUT2D eigenvalue weighted by Crippen LogP contribution is -2.26. The van der Waals surface area contributed by atoms with E-state index in [2.05, 4.69) is 44.5 Å². The Morgan fingerprint density at radius 2 is 2.03 bits per heavy atom. The second kappa shape index (κ2) is 8.32. The molecule has 1 fully saturated rings. The van der Waals surface area contributed by atoms with Gasteiger partial charge in [0.05, 0.1) is 12.6 Å². The topological polar surface area (TPSA) is 96.0 Å². The highest BCUT2D eigenvalue weighted by molar-refractivity contribution is 8.15. The number of nitrogens with zero attached hydrogens (tertiary/aromatic N) is 3. The number of rotatable bonds is 6. The number of carbonyl (C=O) groups is 2. The molecule has 4 rings (SSSR count). The van der Waals surface area contributed by atoms with Crippen LogP contribution in [-0.4, -0.2) is 38.2 Å². The molecular weight excluding hydrogens is 388 g/mol. The zero-order chi connectivity index (χ0) is 20.2. The minimum Gasteiger partial charge on any atom is -0.481 e. The first kappa shape index (κ1) is 18.9. The Morgan fingerprint density at radius 1 is 1.21 bits per heavy atom. The van der Waals surface area contributed by atoms with Crippen LogP contribution in [0.4, 0.5) is 0 Å². The third kappa shape index (κ3) is 4.55. The molecule has 0 bridgehead atoms. The Bertz CT molecular complexity index is 1120. The van der Waals surface area contributed by atoms with E-state index >= 15 is 0 Å². The second-order valence-electron chi connectivity index (χ2n) is 6.59. The summed E-state index contributed by atoms with van der Waals surface area (Å²) in [7, 11) is 0. The van der Waals surface area contributed by atoms with Crippen LogP contribution >= 0.6 is 11.8 Å². The zero-order valence-electron chi connectivity index (χ0n) is 15.4. The number of thioether (sulfide) groups is 1. The van der Waals surface area contributed by atoms with Crippen LogP contribution in [0.15, 0.2) is 71.0 Å². The zero-order valence-corrected chi connectivity index (χ0v) is 16.2. The number of carboxylic acid groups (broad SMARTS) is 1. The average molecular weight is 406 g/mol. The highest BCUT2D eigenvalue weighted by Gasteiger charge is 2.32. The van der Waals surface area contributed by atoms with Crippen molar-refractivity contribution in [2.75, 3.05) is 0 Å². The molecule has 29 heavy (non-hydrogen) atoms. The number of carbonyl (C=O) groups excluding carboxylic acids is 1. The molecule has 1 aliphatic rings. The van der Waals surface area contributed by atoms with E-state index in [0.717, 1.165) is 34.8 Å². The predicted octanol–water partition coefficient (Wildman–Crippen LogP) is 3.09. The van der Waals surface area contributed by atoms with Gasteiger partial charge in [0.2, 0.25) is 5.91 Å². The lowest BCUT2D eigenvalue weighted by atomic mass is 10.1. The summed E-state index contributed by atoms with van der Waals surface area (Å²) in [6.45, 7) is 0.805. The van der Waals surface area contributed by atoms with Crippen molar-refractivity contribution in [1.82, 2.24) is 9.88 Å². The maximum absolute atomic E-state index is 11.7. The van der Waals surface area contributed by atoms with Gasteiger partial charge in [-0.05, 0) is 29.3 Å². The Hall–Kier alpha value is -3.39. The summed E-state index contributed by atoms with van der Waals surface area (Å²) in [4.78, 5) is 22.5. The summed E-state index contributed by atoms with van der Waals surface area (Å²) < 4.78 is 2.19. The number of aromatic nitrogens is 1. The van der Waals surface area contributed by atoms with Gasteiger partial charge < -0.3 is 15.0 Å². The van der Waals surface area contributed by atoms with E-state index in [1.165, 1.54) is 5.56 Å². The summed E-state index contributed by atoms with van der Waals surface area (Å²) in [5, 5.41) is 20.1. The van der Waals surface area contributed by atoms with Gasteiger partial charge in [-0.25, -0.2) is 0 Å². The highest BCUT2D eigenvalue weighted by atomic mass is 32.2. The summed E-state index contributed by atoms with van der Waals surface area (Å²) >= 11 is 1.08. The SMILES string of the molecule is O=C(O)CC1SC(=NN=Cc2ccc3c(ccn3Cc3ccccc3)c2)NC1=O. The number of fused-ring (bicyclic) bond motifs is 1. The molecule has 0 radical (unpaired) electrons. The smallest absolute Gasteiger partial charge is 0.305 e. The molecule has 2 aromatic carbocycles. The van der Waals surface area contributed by atoms with Gasteiger partial charge in [-0.1, -0.05) is 48.2 Å².